The fraction of sp³-hybridized carbons (Fsp3) is 0.462. The lowest BCUT2D eigenvalue weighted by molar-refractivity contribution is 0.107. The number of carbonyl (C=O) groups excluding carboxylic acids is 1. The molecule has 0 spiro atoms. The first-order valence-electron chi connectivity index (χ1n) is 5.86. The van der Waals surface area contributed by atoms with E-state index in [2.05, 4.69) is 4.90 Å². The Morgan fingerprint density at radius 2 is 1.84 bits per heavy atom. The molecule has 1 heterocycles. The maximum atomic E-state index is 13.9. The summed E-state index contributed by atoms with van der Waals surface area (Å²) in [7, 11) is 2.00. The van der Waals surface area contributed by atoms with Gasteiger partial charge < -0.3 is 4.90 Å². The van der Waals surface area contributed by atoms with E-state index in [1.807, 2.05) is 7.05 Å². The Morgan fingerprint density at radius 1 is 1.26 bits per heavy atom. The van der Waals surface area contributed by atoms with Crippen molar-refractivity contribution < 1.29 is 13.6 Å². The number of nitrogens with zero attached hydrogens (tertiary/aromatic N) is 1. The molecule has 106 valence electrons. The first-order chi connectivity index (χ1) is 8.49. The first-order valence-corrected chi connectivity index (χ1v) is 6.24. The van der Waals surface area contributed by atoms with Crippen LogP contribution in [0.4, 0.5) is 8.78 Å². The van der Waals surface area contributed by atoms with Crippen molar-refractivity contribution in [3.05, 3.63) is 34.9 Å². The van der Waals surface area contributed by atoms with Gasteiger partial charge in [-0.05, 0) is 68.2 Å². The van der Waals surface area contributed by atoms with E-state index in [1.165, 1.54) is 0 Å². The van der Waals surface area contributed by atoms with Crippen molar-refractivity contribution in [3.8, 4) is 0 Å². The highest BCUT2D eigenvalue weighted by molar-refractivity contribution is 6.67. The van der Waals surface area contributed by atoms with Crippen molar-refractivity contribution in [1.29, 1.82) is 0 Å². The first kappa shape index (κ1) is 16.3. The second-order valence-corrected chi connectivity index (χ2v) is 5.05. The molecule has 0 saturated carbocycles. The van der Waals surface area contributed by atoms with E-state index < -0.39 is 22.4 Å². The van der Waals surface area contributed by atoms with E-state index in [1.54, 1.807) is 0 Å². The summed E-state index contributed by atoms with van der Waals surface area (Å²) in [5.41, 5.74) is -0.0480. The molecular weight excluding hydrogens is 295 g/mol. The molecule has 2 rings (SSSR count). The number of likely N-dealkylation sites (tertiary alicyclic amines) is 1. The zero-order valence-corrected chi connectivity index (χ0v) is 12.0. The minimum atomic E-state index is -0.971. The molecule has 1 aliphatic heterocycles. The summed E-state index contributed by atoms with van der Waals surface area (Å²) in [6.07, 6.45) is 1.59. The molecule has 0 unspecified atom stereocenters. The van der Waals surface area contributed by atoms with Gasteiger partial charge in [-0.15, -0.1) is 12.4 Å². The van der Waals surface area contributed by atoms with Gasteiger partial charge in [-0.2, -0.15) is 0 Å². The summed E-state index contributed by atoms with van der Waals surface area (Å²) < 4.78 is 27.5. The summed E-state index contributed by atoms with van der Waals surface area (Å²) in [5, 5.41) is -0.971. The zero-order valence-electron chi connectivity index (χ0n) is 10.5. The lowest BCUT2D eigenvalue weighted by Gasteiger charge is -2.29. The molecule has 6 heteroatoms. The van der Waals surface area contributed by atoms with E-state index in [-0.39, 0.29) is 18.3 Å². The number of piperidine rings is 1. The van der Waals surface area contributed by atoms with Crippen LogP contribution in [0.5, 0.6) is 0 Å². The second kappa shape index (κ2) is 6.64. The SMILES string of the molecule is CN1CCC(c2cc(F)c(C(=O)Cl)cc2F)CC1.Cl. The van der Waals surface area contributed by atoms with Crippen LogP contribution >= 0.6 is 24.0 Å². The van der Waals surface area contributed by atoms with Gasteiger partial charge in [-0.25, -0.2) is 8.78 Å². The quantitative estimate of drug-likeness (QED) is 0.778. The molecule has 1 aromatic rings. The van der Waals surface area contributed by atoms with E-state index in [0.29, 0.717) is 5.56 Å². The molecule has 0 radical (unpaired) electrons. The Labute approximate surface area is 122 Å². The van der Waals surface area contributed by atoms with Crippen molar-refractivity contribution in [2.45, 2.75) is 18.8 Å². The average molecular weight is 310 g/mol. The molecule has 19 heavy (non-hydrogen) atoms. The van der Waals surface area contributed by atoms with Crippen LogP contribution in [0.1, 0.15) is 34.7 Å². The third-order valence-corrected chi connectivity index (χ3v) is 3.66. The highest BCUT2D eigenvalue weighted by Gasteiger charge is 2.23. The molecule has 1 aromatic carbocycles. The molecule has 0 aliphatic carbocycles. The van der Waals surface area contributed by atoms with Crippen LogP contribution in [0.15, 0.2) is 12.1 Å². The van der Waals surface area contributed by atoms with Gasteiger partial charge >= 0.3 is 0 Å². The molecule has 1 saturated heterocycles. The van der Waals surface area contributed by atoms with Crippen LogP contribution in [-0.2, 0) is 0 Å². The zero-order chi connectivity index (χ0) is 13.3. The number of hydrogen-bond donors (Lipinski definition) is 0. The van der Waals surface area contributed by atoms with Gasteiger partial charge in [0.15, 0.2) is 0 Å². The van der Waals surface area contributed by atoms with Crippen LogP contribution in [0, 0.1) is 11.6 Å². The van der Waals surface area contributed by atoms with Gasteiger partial charge in [-0.1, -0.05) is 0 Å². The van der Waals surface area contributed by atoms with Gasteiger partial charge in [-0.3, -0.25) is 4.79 Å². The van der Waals surface area contributed by atoms with Gasteiger partial charge in [0, 0.05) is 0 Å². The van der Waals surface area contributed by atoms with Crippen molar-refractivity contribution in [3.63, 3.8) is 0 Å². The normalized spacial score (nSPS) is 17.1. The van der Waals surface area contributed by atoms with Crippen molar-refractivity contribution in [1.82, 2.24) is 4.90 Å². The molecular formula is C13H15Cl2F2NO. The topological polar surface area (TPSA) is 20.3 Å². The van der Waals surface area contributed by atoms with Crippen molar-refractivity contribution >= 4 is 29.3 Å². The standard InChI is InChI=1S/C13H14ClF2NO.ClH/c1-17-4-2-8(3-5-17)9-6-12(16)10(13(14)18)7-11(9)15;/h6-8H,2-5H2,1H3;1H. The Bertz CT molecular complexity index is 474. The number of rotatable bonds is 2. The Morgan fingerprint density at radius 3 is 2.37 bits per heavy atom. The molecule has 1 fully saturated rings. The van der Waals surface area contributed by atoms with Crippen LogP contribution in [0.25, 0.3) is 0 Å². The minimum Gasteiger partial charge on any atom is -0.306 e. The van der Waals surface area contributed by atoms with Crippen LogP contribution in [-0.4, -0.2) is 30.3 Å². The summed E-state index contributed by atoms with van der Waals surface area (Å²) >= 11 is 5.19. The number of halogens is 4. The Hall–Kier alpha value is -0.710. The third-order valence-electron chi connectivity index (χ3n) is 3.46. The van der Waals surface area contributed by atoms with E-state index in [4.69, 9.17) is 11.6 Å². The largest absolute Gasteiger partial charge is 0.306 e. The van der Waals surface area contributed by atoms with Gasteiger partial charge in [0.05, 0.1) is 5.56 Å². The summed E-state index contributed by atoms with van der Waals surface area (Å²) in [4.78, 5) is 13.1. The van der Waals surface area contributed by atoms with Gasteiger partial charge in [0.25, 0.3) is 5.24 Å². The van der Waals surface area contributed by atoms with Gasteiger partial charge in [0.1, 0.15) is 11.6 Å². The molecule has 0 aromatic heterocycles. The monoisotopic (exact) mass is 309 g/mol. The highest BCUT2D eigenvalue weighted by atomic mass is 35.5. The number of benzene rings is 1. The van der Waals surface area contributed by atoms with Gasteiger partial charge in [0.2, 0.25) is 0 Å². The van der Waals surface area contributed by atoms with Crippen LogP contribution in [0.2, 0.25) is 0 Å². The molecule has 2 nitrogen and oxygen atoms in total. The Balaban J connectivity index is 0.00000180. The summed E-state index contributed by atoms with van der Waals surface area (Å²) in [6, 6.07) is 2.01. The van der Waals surface area contributed by atoms with Crippen LogP contribution in [0.3, 0.4) is 0 Å². The predicted octanol–water partition coefficient (Wildman–Crippen LogP) is 3.57. The molecule has 0 bridgehead atoms. The molecule has 0 amide bonds. The lowest BCUT2D eigenvalue weighted by Crippen LogP contribution is -2.29. The maximum Gasteiger partial charge on any atom is 0.255 e. The summed E-state index contributed by atoms with van der Waals surface area (Å²) in [5.74, 6) is -1.28. The van der Waals surface area contributed by atoms with E-state index in [0.717, 1.165) is 38.1 Å². The maximum absolute atomic E-state index is 13.9. The summed E-state index contributed by atoms with van der Waals surface area (Å²) in [6.45, 7) is 1.73. The third kappa shape index (κ3) is 3.65. The second-order valence-electron chi connectivity index (χ2n) is 4.70. The van der Waals surface area contributed by atoms with E-state index >= 15 is 0 Å². The number of hydrogen-bond acceptors (Lipinski definition) is 2. The van der Waals surface area contributed by atoms with Crippen LogP contribution < -0.4 is 0 Å². The Kier molecular flexibility index (Phi) is 5.71. The predicted molar refractivity (Wildman–Crippen MR) is 73.3 cm³/mol. The minimum absolute atomic E-state index is 0. The van der Waals surface area contributed by atoms with E-state index in [9.17, 15) is 13.6 Å². The highest BCUT2D eigenvalue weighted by Crippen LogP contribution is 2.31. The molecule has 0 N–H and O–H groups in total. The fourth-order valence-electron chi connectivity index (χ4n) is 2.35. The fourth-order valence-corrected chi connectivity index (χ4v) is 2.49. The lowest BCUT2D eigenvalue weighted by atomic mass is 9.88. The molecule has 1 aliphatic rings. The average Bonchev–Trinajstić information content (AvgIpc) is 2.32. The van der Waals surface area contributed by atoms with Crippen molar-refractivity contribution in [2.75, 3.05) is 20.1 Å². The van der Waals surface area contributed by atoms with Crippen molar-refractivity contribution in [2.24, 2.45) is 0 Å². The smallest absolute Gasteiger partial charge is 0.255 e. The number of carbonyl (C=O) groups is 1. The molecule has 0 atom stereocenters.